The Balaban J connectivity index is 1.84. The molecule has 0 fully saturated rings. The van der Waals surface area contributed by atoms with Crippen molar-refractivity contribution in [3.05, 3.63) is 65.7 Å². The fourth-order valence-corrected chi connectivity index (χ4v) is 2.90. The number of carbonyl (C=O) groups is 3. The number of anilines is 1. The van der Waals surface area contributed by atoms with E-state index in [0.29, 0.717) is 30.9 Å². The van der Waals surface area contributed by atoms with Crippen molar-refractivity contribution >= 4 is 23.4 Å². The molecule has 0 aliphatic heterocycles. The van der Waals surface area contributed by atoms with Crippen molar-refractivity contribution in [1.82, 2.24) is 15.5 Å². The molecule has 0 atom stereocenters. The number of nitrogens with one attached hydrogen (secondary N) is 3. The van der Waals surface area contributed by atoms with Crippen molar-refractivity contribution in [2.75, 3.05) is 45.7 Å². The van der Waals surface area contributed by atoms with E-state index < -0.39 is 0 Å². The van der Waals surface area contributed by atoms with Gasteiger partial charge in [0.1, 0.15) is 0 Å². The van der Waals surface area contributed by atoms with Gasteiger partial charge in [0.05, 0.1) is 24.3 Å². The van der Waals surface area contributed by atoms with E-state index in [1.54, 1.807) is 43.3 Å². The van der Waals surface area contributed by atoms with Gasteiger partial charge < -0.3 is 20.7 Å². The van der Waals surface area contributed by atoms with Gasteiger partial charge in [0, 0.05) is 26.8 Å². The van der Waals surface area contributed by atoms with E-state index in [9.17, 15) is 14.4 Å². The standard InChI is InChI=1S/C23H30N4O4/c1-27(16-21(28)24-13-8-14-31-2)17-22(29)26-20-12-7-6-11-19(20)23(30)25-15-18-9-4-3-5-10-18/h3-7,9-12H,8,13-17H2,1-2H3,(H,24,28)(H,25,30)(H,26,29). The molecule has 8 nitrogen and oxygen atoms in total. The van der Waals surface area contributed by atoms with Crippen molar-refractivity contribution in [3.63, 3.8) is 0 Å². The van der Waals surface area contributed by atoms with E-state index in [-0.39, 0.29) is 30.8 Å². The summed E-state index contributed by atoms with van der Waals surface area (Å²) in [5.74, 6) is -0.742. The Morgan fingerprint density at radius 1 is 0.903 bits per heavy atom. The molecule has 166 valence electrons. The maximum atomic E-state index is 12.6. The number of ether oxygens (including phenoxy) is 1. The molecule has 8 heteroatoms. The first-order valence-electron chi connectivity index (χ1n) is 10.1. The maximum Gasteiger partial charge on any atom is 0.253 e. The molecule has 2 aromatic carbocycles. The SMILES string of the molecule is COCCCNC(=O)CN(C)CC(=O)Nc1ccccc1C(=O)NCc1ccccc1. The molecule has 3 amide bonds. The van der Waals surface area contributed by atoms with Crippen LogP contribution in [0.15, 0.2) is 54.6 Å². The monoisotopic (exact) mass is 426 g/mol. The summed E-state index contributed by atoms with van der Waals surface area (Å²) in [5, 5.41) is 8.40. The van der Waals surface area contributed by atoms with Gasteiger partial charge in [-0.2, -0.15) is 0 Å². The molecule has 0 saturated heterocycles. The van der Waals surface area contributed by atoms with Gasteiger partial charge in [-0.05, 0) is 31.2 Å². The smallest absolute Gasteiger partial charge is 0.253 e. The third kappa shape index (κ3) is 8.98. The van der Waals surface area contributed by atoms with Crippen LogP contribution in [0.2, 0.25) is 0 Å². The molecule has 0 bridgehead atoms. The Kier molecular flexibility index (Phi) is 10.2. The van der Waals surface area contributed by atoms with Crippen LogP contribution in [0.1, 0.15) is 22.3 Å². The lowest BCUT2D eigenvalue weighted by atomic mass is 10.1. The zero-order chi connectivity index (χ0) is 22.5. The average molecular weight is 427 g/mol. The number of methoxy groups -OCH3 is 1. The molecule has 3 N–H and O–H groups in total. The van der Waals surface area contributed by atoms with Gasteiger partial charge in [-0.15, -0.1) is 0 Å². The summed E-state index contributed by atoms with van der Waals surface area (Å²) in [5.41, 5.74) is 1.79. The average Bonchev–Trinajstić information content (AvgIpc) is 2.76. The van der Waals surface area contributed by atoms with E-state index in [2.05, 4.69) is 16.0 Å². The maximum absolute atomic E-state index is 12.6. The quantitative estimate of drug-likeness (QED) is 0.448. The molecule has 2 aromatic rings. The van der Waals surface area contributed by atoms with Gasteiger partial charge in [0.15, 0.2) is 0 Å². The van der Waals surface area contributed by atoms with Gasteiger partial charge in [-0.25, -0.2) is 0 Å². The first-order valence-corrected chi connectivity index (χ1v) is 10.1. The number of rotatable bonds is 12. The number of carbonyl (C=O) groups excluding carboxylic acids is 3. The Bertz CT molecular complexity index is 858. The van der Waals surface area contributed by atoms with Crippen molar-refractivity contribution in [2.24, 2.45) is 0 Å². The fourth-order valence-electron chi connectivity index (χ4n) is 2.90. The summed E-state index contributed by atoms with van der Waals surface area (Å²) in [6.45, 7) is 1.62. The topological polar surface area (TPSA) is 99.8 Å². The Labute approximate surface area is 183 Å². The highest BCUT2D eigenvalue weighted by Gasteiger charge is 2.15. The van der Waals surface area contributed by atoms with Crippen LogP contribution in [0.25, 0.3) is 0 Å². The fraction of sp³-hybridized carbons (Fsp3) is 0.348. The summed E-state index contributed by atoms with van der Waals surface area (Å²) in [6, 6.07) is 16.4. The van der Waals surface area contributed by atoms with Crippen LogP contribution in [0.5, 0.6) is 0 Å². The third-order valence-corrected chi connectivity index (χ3v) is 4.42. The minimum atomic E-state index is -0.307. The summed E-state index contributed by atoms with van der Waals surface area (Å²) in [4.78, 5) is 38.5. The van der Waals surface area contributed by atoms with Crippen LogP contribution in [0.3, 0.4) is 0 Å². The van der Waals surface area contributed by atoms with E-state index in [4.69, 9.17) is 4.74 Å². The second-order valence-corrected chi connectivity index (χ2v) is 7.13. The number of amides is 3. The Morgan fingerprint density at radius 2 is 1.58 bits per heavy atom. The van der Waals surface area contributed by atoms with Crippen LogP contribution >= 0.6 is 0 Å². The summed E-state index contributed by atoms with van der Waals surface area (Å²) in [6.07, 6.45) is 0.732. The molecule has 0 heterocycles. The van der Waals surface area contributed by atoms with Crippen molar-refractivity contribution in [2.45, 2.75) is 13.0 Å². The number of para-hydroxylation sites is 1. The van der Waals surface area contributed by atoms with E-state index in [0.717, 1.165) is 12.0 Å². The van der Waals surface area contributed by atoms with Crippen LogP contribution in [0.4, 0.5) is 5.69 Å². The minimum Gasteiger partial charge on any atom is -0.385 e. The second kappa shape index (κ2) is 13.1. The molecule has 31 heavy (non-hydrogen) atoms. The largest absolute Gasteiger partial charge is 0.385 e. The molecule has 0 aromatic heterocycles. The molecule has 0 aliphatic carbocycles. The number of nitrogens with zero attached hydrogens (tertiary/aromatic N) is 1. The van der Waals surface area contributed by atoms with Gasteiger partial charge in [0.25, 0.3) is 5.91 Å². The van der Waals surface area contributed by atoms with Crippen molar-refractivity contribution in [1.29, 1.82) is 0 Å². The number of hydrogen-bond donors (Lipinski definition) is 3. The number of hydrogen-bond acceptors (Lipinski definition) is 5. The molecule has 0 unspecified atom stereocenters. The van der Waals surface area contributed by atoms with Gasteiger partial charge >= 0.3 is 0 Å². The number of likely N-dealkylation sites (N-methyl/N-ethyl adjacent to an activating group) is 1. The lowest BCUT2D eigenvalue weighted by molar-refractivity contribution is -0.123. The van der Waals surface area contributed by atoms with Crippen molar-refractivity contribution < 1.29 is 19.1 Å². The van der Waals surface area contributed by atoms with Gasteiger partial charge in [-0.1, -0.05) is 42.5 Å². The first-order chi connectivity index (χ1) is 15.0. The molecule has 0 saturated carbocycles. The Morgan fingerprint density at radius 3 is 2.32 bits per heavy atom. The van der Waals surface area contributed by atoms with Crippen LogP contribution in [0, 0.1) is 0 Å². The van der Waals surface area contributed by atoms with Crippen molar-refractivity contribution in [3.8, 4) is 0 Å². The molecule has 0 aliphatic rings. The highest BCUT2D eigenvalue weighted by molar-refractivity contribution is 6.04. The van der Waals surface area contributed by atoms with Crippen LogP contribution < -0.4 is 16.0 Å². The third-order valence-electron chi connectivity index (χ3n) is 4.42. The second-order valence-electron chi connectivity index (χ2n) is 7.13. The lowest BCUT2D eigenvalue weighted by Gasteiger charge is -2.17. The molecular formula is C23H30N4O4. The summed E-state index contributed by atoms with van der Waals surface area (Å²) in [7, 11) is 3.30. The van der Waals surface area contributed by atoms with E-state index in [1.165, 1.54) is 0 Å². The molecule has 0 radical (unpaired) electrons. The highest BCUT2D eigenvalue weighted by atomic mass is 16.5. The van der Waals surface area contributed by atoms with Gasteiger partial charge in [0.2, 0.25) is 11.8 Å². The lowest BCUT2D eigenvalue weighted by Crippen LogP contribution is -2.39. The molecular weight excluding hydrogens is 396 g/mol. The Hall–Kier alpha value is -3.23. The van der Waals surface area contributed by atoms with Crippen LogP contribution in [-0.4, -0.2) is 63.0 Å². The molecule has 0 spiro atoms. The predicted octanol–water partition coefficient (Wildman–Crippen LogP) is 1.64. The zero-order valence-corrected chi connectivity index (χ0v) is 18.0. The first kappa shape index (κ1) is 24.0. The summed E-state index contributed by atoms with van der Waals surface area (Å²) < 4.78 is 4.94. The van der Waals surface area contributed by atoms with E-state index in [1.807, 2.05) is 30.3 Å². The highest BCUT2D eigenvalue weighted by Crippen LogP contribution is 2.15. The van der Waals surface area contributed by atoms with E-state index >= 15 is 0 Å². The normalized spacial score (nSPS) is 10.5. The minimum absolute atomic E-state index is 0.0193. The zero-order valence-electron chi connectivity index (χ0n) is 18.0. The van der Waals surface area contributed by atoms with Crippen LogP contribution in [-0.2, 0) is 20.9 Å². The predicted molar refractivity (Wildman–Crippen MR) is 120 cm³/mol. The van der Waals surface area contributed by atoms with Gasteiger partial charge in [-0.3, -0.25) is 19.3 Å². The number of benzene rings is 2. The molecule has 2 rings (SSSR count). The summed E-state index contributed by atoms with van der Waals surface area (Å²) >= 11 is 0.